The van der Waals surface area contributed by atoms with Gasteiger partial charge in [-0.25, -0.2) is 0 Å². The highest BCUT2D eigenvalue weighted by atomic mass is 19.4. The number of Topliss-reactive ketones (excluding diaryl/α,β-unsaturated/α-hetero) is 1. The molecule has 0 saturated heterocycles. The van der Waals surface area contributed by atoms with Crippen LogP contribution >= 0.6 is 0 Å². The number of carbonyl (C=O) groups excluding carboxylic acids is 1. The summed E-state index contributed by atoms with van der Waals surface area (Å²) >= 11 is 0. The van der Waals surface area contributed by atoms with Crippen LogP contribution in [0.5, 0.6) is 0 Å². The van der Waals surface area contributed by atoms with Crippen molar-refractivity contribution in [1.82, 2.24) is 0 Å². The normalized spacial score (nSPS) is 12.9. The van der Waals surface area contributed by atoms with Gasteiger partial charge in [-0.1, -0.05) is 56.2 Å². The number of hydrogen-bond acceptors (Lipinski definition) is 1. The molecule has 0 aromatic carbocycles. The number of halogens is 3. The summed E-state index contributed by atoms with van der Waals surface area (Å²) in [4.78, 5) is 10.6. The molecule has 0 saturated carbocycles. The highest BCUT2D eigenvalue weighted by Gasteiger charge is 2.36. The van der Waals surface area contributed by atoms with Gasteiger partial charge in [0.25, 0.3) is 0 Å². The van der Waals surface area contributed by atoms with Crippen molar-refractivity contribution in [3.63, 3.8) is 0 Å². The highest BCUT2D eigenvalue weighted by molar-refractivity contribution is 5.83. The number of carbonyl (C=O) groups is 1. The monoisotopic (exact) mass is 316 g/mol. The molecule has 0 bridgehead atoms. The second-order valence-electron chi connectivity index (χ2n) is 5.19. The minimum Gasteiger partial charge on any atom is -0.290 e. The van der Waals surface area contributed by atoms with E-state index in [1.54, 1.807) is 0 Å². The Balaban J connectivity index is 3.51. The van der Waals surface area contributed by atoms with Crippen molar-refractivity contribution in [3.8, 4) is 0 Å². The fourth-order valence-electron chi connectivity index (χ4n) is 1.81. The van der Waals surface area contributed by atoms with E-state index in [1.165, 1.54) is 19.3 Å². The lowest BCUT2D eigenvalue weighted by Gasteiger charge is -2.02. The molecule has 0 atom stereocenters. The minimum atomic E-state index is -4.68. The molecule has 0 heterocycles. The van der Waals surface area contributed by atoms with Gasteiger partial charge in [0.2, 0.25) is 5.78 Å². The van der Waals surface area contributed by atoms with Crippen LogP contribution < -0.4 is 0 Å². The zero-order valence-electron chi connectivity index (χ0n) is 13.4. The van der Waals surface area contributed by atoms with Gasteiger partial charge in [0.1, 0.15) is 0 Å². The van der Waals surface area contributed by atoms with Crippen LogP contribution in [0, 0.1) is 0 Å². The quantitative estimate of drug-likeness (QED) is 0.304. The Hall–Kier alpha value is -1.32. The largest absolute Gasteiger partial charge is 0.449 e. The molecular formula is C18H27F3O. The fourth-order valence-corrected chi connectivity index (χ4v) is 1.81. The molecular weight excluding hydrogens is 289 g/mol. The Bertz CT molecular complexity index is 365. The number of alkyl halides is 3. The molecule has 0 fully saturated rings. The third-order valence-corrected chi connectivity index (χ3v) is 3.11. The van der Waals surface area contributed by atoms with Crippen molar-refractivity contribution in [2.45, 2.75) is 70.9 Å². The van der Waals surface area contributed by atoms with E-state index in [9.17, 15) is 18.0 Å². The topological polar surface area (TPSA) is 17.1 Å². The zero-order valence-corrected chi connectivity index (χ0v) is 13.4. The van der Waals surface area contributed by atoms with E-state index in [-0.39, 0.29) is 6.42 Å². The molecule has 0 aliphatic carbocycles. The van der Waals surface area contributed by atoms with Gasteiger partial charge in [0, 0.05) is 6.42 Å². The van der Waals surface area contributed by atoms with Crippen LogP contribution in [0.3, 0.4) is 0 Å². The number of unbranched alkanes of at least 4 members (excludes halogenated alkanes) is 4. The van der Waals surface area contributed by atoms with Crippen LogP contribution in [0.4, 0.5) is 13.2 Å². The molecule has 0 unspecified atom stereocenters. The van der Waals surface area contributed by atoms with E-state index in [2.05, 4.69) is 25.2 Å². The van der Waals surface area contributed by atoms with Gasteiger partial charge in [-0.3, -0.25) is 4.79 Å². The van der Waals surface area contributed by atoms with Gasteiger partial charge in [0.05, 0.1) is 0 Å². The van der Waals surface area contributed by atoms with Crippen LogP contribution in [0.25, 0.3) is 0 Å². The van der Waals surface area contributed by atoms with Crippen molar-refractivity contribution in [1.29, 1.82) is 0 Å². The van der Waals surface area contributed by atoms with Gasteiger partial charge in [0.15, 0.2) is 0 Å². The number of ketones is 1. The maximum atomic E-state index is 11.9. The third kappa shape index (κ3) is 13.7. The molecule has 0 radical (unpaired) electrons. The van der Waals surface area contributed by atoms with Gasteiger partial charge in [-0.15, -0.1) is 0 Å². The summed E-state index contributed by atoms with van der Waals surface area (Å²) in [6, 6.07) is 0. The van der Waals surface area contributed by atoms with E-state index in [1.807, 2.05) is 18.2 Å². The van der Waals surface area contributed by atoms with Gasteiger partial charge in [-0.2, -0.15) is 13.2 Å². The van der Waals surface area contributed by atoms with Crippen LogP contribution in [-0.2, 0) is 4.79 Å². The first-order chi connectivity index (χ1) is 10.5. The molecule has 0 rings (SSSR count). The van der Waals surface area contributed by atoms with Crippen molar-refractivity contribution in [2.75, 3.05) is 0 Å². The molecule has 0 aromatic rings. The first-order valence-corrected chi connectivity index (χ1v) is 8.03. The van der Waals surface area contributed by atoms with Crippen molar-refractivity contribution in [2.24, 2.45) is 0 Å². The third-order valence-electron chi connectivity index (χ3n) is 3.11. The summed E-state index contributed by atoms with van der Waals surface area (Å²) in [7, 11) is 0. The second-order valence-corrected chi connectivity index (χ2v) is 5.19. The summed E-state index contributed by atoms with van der Waals surface area (Å²) < 4.78 is 35.8. The van der Waals surface area contributed by atoms with Crippen LogP contribution in [0.1, 0.15) is 64.7 Å². The van der Waals surface area contributed by atoms with E-state index in [0.717, 1.165) is 19.3 Å². The number of hydrogen-bond donors (Lipinski definition) is 0. The van der Waals surface area contributed by atoms with Gasteiger partial charge in [-0.05, 0) is 38.5 Å². The predicted molar refractivity (Wildman–Crippen MR) is 85.7 cm³/mol. The van der Waals surface area contributed by atoms with E-state index < -0.39 is 18.4 Å². The summed E-state index contributed by atoms with van der Waals surface area (Å²) in [5.41, 5.74) is 0. The van der Waals surface area contributed by atoms with Gasteiger partial charge < -0.3 is 0 Å². The predicted octanol–water partition coefficient (Wildman–Crippen LogP) is 6.32. The highest BCUT2D eigenvalue weighted by Crippen LogP contribution is 2.19. The lowest BCUT2D eigenvalue weighted by atomic mass is 10.1. The standard InChI is InChI=1S/C18H27F3O/c1-2-3-4-5-6-7-8-9-10-11-12-13-14-15-16-17(22)18(19,20)21/h6-7,9-10,12-13H,2-5,8,11,14-16H2,1H3/b7-6-,10-9-,13-12-. The van der Waals surface area contributed by atoms with Gasteiger partial charge >= 0.3 is 6.18 Å². The Morgan fingerprint density at radius 1 is 0.818 bits per heavy atom. The Labute approximate surface area is 132 Å². The smallest absolute Gasteiger partial charge is 0.290 e. The molecule has 0 N–H and O–H groups in total. The lowest BCUT2D eigenvalue weighted by molar-refractivity contribution is -0.171. The summed E-state index contributed by atoms with van der Waals surface area (Å²) in [5.74, 6) is -1.63. The molecule has 0 spiro atoms. The molecule has 1 nitrogen and oxygen atoms in total. The maximum Gasteiger partial charge on any atom is 0.449 e. The Morgan fingerprint density at radius 2 is 1.32 bits per heavy atom. The van der Waals surface area contributed by atoms with Crippen LogP contribution in [0.15, 0.2) is 36.5 Å². The van der Waals surface area contributed by atoms with Crippen molar-refractivity contribution in [3.05, 3.63) is 36.5 Å². The lowest BCUT2D eigenvalue weighted by Crippen LogP contribution is -2.22. The summed E-state index contributed by atoms with van der Waals surface area (Å²) in [5, 5.41) is 0. The Morgan fingerprint density at radius 3 is 1.82 bits per heavy atom. The summed E-state index contributed by atoms with van der Waals surface area (Å²) in [6.45, 7) is 2.19. The SMILES string of the molecule is CCCCC/C=C\C/C=C\C/C=C\CCCC(=O)C(F)(F)F. The van der Waals surface area contributed by atoms with Crippen LogP contribution in [0.2, 0.25) is 0 Å². The fraction of sp³-hybridized carbons (Fsp3) is 0.611. The summed E-state index contributed by atoms with van der Waals surface area (Å²) in [6.07, 6.45) is 14.5. The number of allylic oxidation sites excluding steroid dienone is 6. The van der Waals surface area contributed by atoms with E-state index in [0.29, 0.717) is 6.42 Å². The van der Waals surface area contributed by atoms with Crippen molar-refractivity contribution >= 4 is 5.78 Å². The molecule has 0 aliphatic rings. The zero-order chi connectivity index (χ0) is 16.7. The molecule has 0 aliphatic heterocycles. The van der Waals surface area contributed by atoms with E-state index >= 15 is 0 Å². The molecule has 126 valence electrons. The van der Waals surface area contributed by atoms with Crippen LogP contribution in [-0.4, -0.2) is 12.0 Å². The second kappa shape index (κ2) is 13.4. The minimum absolute atomic E-state index is 0.249. The molecule has 4 heteroatoms. The average molecular weight is 316 g/mol. The first-order valence-electron chi connectivity index (χ1n) is 8.03. The Kier molecular flexibility index (Phi) is 12.5. The van der Waals surface area contributed by atoms with Crippen molar-refractivity contribution < 1.29 is 18.0 Å². The van der Waals surface area contributed by atoms with E-state index in [4.69, 9.17) is 0 Å². The molecule has 22 heavy (non-hydrogen) atoms. The number of rotatable bonds is 12. The molecule has 0 aromatic heterocycles. The average Bonchev–Trinajstić information content (AvgIpc) is 2.46. The first kappa shape index (κ1) is 20.7. The maximum absolute atomic E-state index is 11.9. The molecule has 0 amide bonds.